The van der Waals surface area contributed by atoms with Gasteiger partial charge in [-0.25, -0.2) is 9.97 Å². The number of benzene rings is 1. The fourth-order valence-electron chi connectivity index (χ4n) is 4.18. The molecular formula is C25H23N5O. The molecule has 4 aromatic rings. The number of Topliss-reactive ketones (excluding diaryl/α,β-unsaturated/α-hetero) is 1. The molecule has 6 nitrogen and oxygen atoms in total. The first-order valence-corrected chi connectivity index (χ1v) is 10.5. The quantitative estimate of drug-likeness (QED) is 0.482. The third-order valence-corrected chi connectivity index (χ3v) is 5.65. The Labute approximate surface area is 181 Å². The number of hydrogen-bond acceptors (Lipinski definition) is 6. The number of carbonyl (C=O) groups is 1. The third kappa shape index (κ3) is 4.01. The van der Waals surface area contributed by atoms with Gasteiger partial charge >= 0.3 is 0 Å². The van der Waals surface area contributed by atoms with Gasteiger partial charge < -0.3 is 4.90 Å². The predicted octanol–water partition coefficient (Wildman–Crippen LogP) is 3.82. The molecule has 1 aliphatic rings. The molecule has 5 rings (SSSR count). The van der Waals surface area contributed by atoms with Crippen molar-refractivity contribution in [1.82, 2.24) is 19.9 Å². The van der Waals surface area contributed by atoms with E-state index < -0.39 is 0 Å². The van der Waals surface area contributed by atoms with Crippen LogP contribution in [0.3, 0.4) is 0 Å². The number of pyridine rings is 2. The summed E-state index contributed by atoms with van der Waals surface area (Å²) in [7, 11) is 1.93. The van der Waals surface area contributed by atoms with Gasteiger partial charge in [0.1, 0.15) is 11.5 Å². The van der Waals surface area contributed by atoms with E-state index >= 15 is 0 Å². The zero-order valence-electron chi connectivity index (χ0n) is 17.5. The summed E-state index contributed by atoms with van der Waals surface area (Å²) in [5.41, 5.74) is 4.87. The molecule has 0 radical (unpaired) electrons. The molecule has 154 valence electrons. The van der Waals surface area contributed by atoms with Crippen molar-refractivity contribution in [2.75, 3.05) is 18.5 Å². The monoisotopic (exact) mass is 409 g/mol. The number of nitrogens with zero attached hydrogens (tertiary/aromatic N) is 5. The first-order valence-electron chi connectivity index (χ1n) is 10.5. The summed E-state index contributed by atoms with van der Waals surface area (Å²) in [5.74, 6) is 1.61. The maximum absolute atomic E-state index is 12.9. The van der Waals surface area contributed by atoms with Crippen molar-refractivity contribution in [2.24, 2.45) is 0 Å². The van der Waals surface area contributed by atoms with E-state index in [4.69, 9.17) is 9.97 Å². The second-order valence-electron chi connectivity index (χ2n) is 7.97. The Kier molecular flexibility index (Phi) is 5.12. The van der Waals surface area contributed by atoms with Gasteiger partial charge in [-0.2, -0.15) is 0 Å². The Hall–Kier alpha value is -3.67. The highest BCUT2D eigenvalue weighted by Gasteiger charge is 2.23. The van der Waals surface area contributed by atoms with Gasteiger partial charge in [-0.3, -0.25) is 14.8 Å². The maximum Gasteiger partial charge on any atom is 0.180 e. The number of aromatic nitrogens is 4. The fraction of sp³-hybridized carbons (Fsp3) is 0.240. The van der Waals surface area contributed by atoms with Crippen molar-refractivity contribution in [3.05, 3.63) is 77.7 Å². The molecule has 1 aliphatic carbocycles. The molecule has 0 bridgehead atoms. The predicted molar refractivity (Wildman–Crippen MR) is 121 cm³/mol. The number of rotatable bonds is 6. The minimum Gasteiger partial charge on any atom is -0.352 e. The van der Waals surface area contributed by atoms with Crippen molar-refractivity contribution >= 4 is 22.5 Å². The van der Waals surface area contributed by atoms with Crippen molar-refractivity contribution in [2.45, 2.75) is 25.7 Å². The molecule has 0 saturated carbocycles. The van der Waals surface area contributed by atoms with E-state index in [1.807, 2.05) is 60.5 Å². The maximum atomic E-state index is 12.9. The molecule has 0 spiro atoms. The van der Waals surface area contributed by atoms with Gasteiger partial charge in [0.05, 0.1) is 12.1 Å². The first kappa shape index (κ1) is 19.3. The summed E-state index contributed by atoms with van der Waals surface area (Å²) in [6, 6.07) is 15.7. The van der Waals surface area contributed by atoms with Gasteiger partial charge in [-0.15, -0.1) is 0 Å². The summed E-state index contributed by atoms with van der Waals surface area (Å²) < 4.78 is 0. The lowest BCUT2D eigenvalue weighted by atomic mass is 10.1. The molecule has 0 atom stereocenters. The van der Waals surface area contributed by atoms with Gasteiger partial charge in [0.2, 0.25) is 0 Å². The Morgan fingerprint density at radius 3 is 2.77 bits per heavy atom. The molecule has 0 amide bonds. The van der Waals surface area contributed by atoms with Crippen molar-refractivity contribution in [1.29, 1.82) is 0 Å². The Balaban J connectivity index is 1.37. The average molecular weight is 409 g/mol. The third-order valence-electron chi connectivity index (χ3n) is 5.65. The van der Waals surface area contributed by atoms with Crippen LogP contribution in [-0.2, 0) is 24.1 Å². The lowest BCUT2D eigenvalue weighted by Crippen LogP contribution is -2.28. The summed E-state index contributed by atoms with van der Waals surface area (Å²) in [4.78, 5) is 33.2. The molecule has 0 saturated heterocycles. The average Bonchev–Trinajstić information content (AvgIpc) is 3.27. The molecule has 0 unspecified atom stereocenters. The highest BCUT2D eigenvalue weighted by molar-refractivity contribution is 5.87. The second-order valence-corrected chi connectivity index (χ2v) is 7.97. The lowest BCUT2D eigenvalue weighted by Gasteiger charge is -2.21. The van der Waals surface area contributed by atoms with E-state index in [2.05, 4.69) is 9.97 Å². The SMILES string of the molecule is CN(CC(=O)Cc1ccc2cccnc2c1)c1nc(-c2ccccn2)nc2c1CCC2. The van der Waals surface area contributed by atoms with Crippen LogP contribution in [0.15, 0.2) is 60.9 Å². The number of anilines is 1. The van der Waals surface area contributed by atoms with E-state index in [1.54, 1.807) is 12.4 Å². The number of aryl methyl sites for hydroxylation is 1. The van der Waals surface area contributed by atoms with Crippen LogP contribution in [-0.4, -0.2) is 39.3 Å². The van der Waals surface area contributed by atoms with Gasteiger partial charge in [0.15, 0.2) is 11.6 Å². The molecule has 0 fully saturated rings. The highest BCUT2D eigenvalue weighted by atomic mass is 16.1. The van der Waals surface area contributed by atoms with E-state index in [9.17, 15) is 4.79 Å². The standard InChI is InChI=1S/C25H23N5O/c1-30(16-19(31)14-17-10-11-18-6-5-13-27-23(18)15-17)25-20-7-4-9-21(20)28-24(29-25)22-8-2-3-12-26-22/h2-3,5-6,8,10-13,15H,4,7,9,14,16H2,1H3. The van der Waals surface area contributed by atoms with Gasteiger partial charge in [-0.1, -0.05) is 24.3 Å². The topological polar surface area (TPSA) is 71.9 Å². The van der Waals surface area contributed by atoms with Crippen LogP contribution in [0.25, 0.3) is 22.4 Å². The van der Waals surface area contributed by atoms with Crippen LogP contribution >= 0.6 is 0 Å². The number of fused-ring (bicyclic) bond motifs is 2. The minimum absolute atomic E-state index is 0.141. The summed E-state index contributed by atoms with van der Waals surface area (Å²) in [5, 5.41) is 1.08. The number of likely N-dealkylation sites (N-methyl/N-ethyl adjacent to an activating group) is 1. The fourth-order valence-corrected chi connectivity index (χ4v) is 4.18. The Morgan fingerprint density at radius 1 is 1.00 bits per heavy atom. The van der Waals surface area contributed by atoms with Gasteiger partial charge in [-0.05, 0) is 49.1 Å². The van der Waals surface area contributed by atoms with Crippen LogP contribution in [0.2, 0.25) is 0 Å². The zero-order chi connectivity index (χ0) is 21.2. The summed E-state index contributed by atoms with van der Waals surface area (Å²) in [6.07, 6.45) is 6.85. The van der Waals surface area contributed by atoms with Gasteiger partial charge in [0, 0.05) is 42.5 Å². The number of ketones is 1. The smallest absolute Gasteiger partial charge is 0.180 e. The number of hydrogen-bond donors (Lipinski definition) is 0. The summed E-state index contributed by atoms with van der Waals surface area (Å²) >= 11 is 0. The number of carbonyl (C=O) groups excluding carboxylic acids is 1. The van der Waals surface area contributed by atoms with Crippen molar-refractivity contribution in [3.8, 4) is 11.5 Å². The normalized spacial score (nSPS) is 12.7. The molecular weight excluding hydrogens is 386 g/mol. The molecule has 3 heterocycles. The molecule has 31 heavy (non-hydrogen) atoms. The molecule has 3 aromatic heterocycles. The Bertz CT molecular complexity index is 1260. The van der Waals surface area contributed by atoms with E-state index in [0.29, 0.717) is 18.8 Å². The van der Waals surface area contributed by atoms with Crippen LogP contribution in [0.1, 0.15) is 23.2 Å². The van der Waals surface area contributed by atoms with Crippen LogP contribution < -0.4 is 4.90 Å². The minimum atomic E-state index is 0.141. The molecule has 1 aromatic carbocycles. The Morgan fingerprint density at radius 2 is 1.90 bits per heavy atom. The van der Waals surface area contributed by atoms with E-state index in [0.717, 1.165) is 58.5 Å². The van der Waals surface area contributed by atoms with Crippen LogP contribution in [0, 0.1) is 0 Å². The zero-order valence-corrected chi connectivity index (χ0v) is 17.5. The molecule has 6 heteroatoms. The largest absolute Gasteiger partial charge is 0.352 e. The molecule has 0 N–H and O–H groups in total. The lowest BCUT2D eigenvalue weighted by molar-refractivity contribution is -0.117. The van der Waals surface area contributed by atoms with E-state index in [1.165, 1.54) is 0 Å². The molecule has 0 aliphatic heterocycles. The van der Waals surface area contributed by atoms with Crippen molar-refractivity contribution in [3.63, 3.8) is 0 Å². The van der Waals surface area contributed by atoms with Gasteiger partial charge in [0.25, 0.3) is 0 Å². The highest BCUT2D eigenvalue weighted by Crippen LogP contribution is 2.30. The van der Waals surface area contributed by atoms with Crippen LogP contribution in [0.5, 0.6) is 0 Å². The van der Waals surface area contributed by atoms with E-state index in [-0.39, 0.29) is 5.78 Å². The first-order chi connectivity index (χ1) is 15.2. The summed E-state index contributed by atoms with van der Waals surface area (Å²) in [6.45, 7) is 0.297. The second kappa shape index (κ2) is 8.22. The van der Waals surface area contributed by atoms with Crippen LogP contribution in [0.4, 0.5) is 5.82 Å². The van der Waals surface area contributed by atoms with Crippen molar-refractivity contribution < 1.29 is 4.79 Å².